The summed E-state index contributed by atoms with van der Waals surface area (Å²) in [5, 5.41) is 24.5. The van der Waals surface area contributed by atoms with E-state index in [0.717, 1.165) is 6.07 Å². The van der Waals surface area contributed by atoms with E-state index < -0.39 is 28.6 Å². The molecule has 0 fully saturated rings. The minimum absolute atomic E-state index is 0.0562. The Bertz CT molecular complexity index is 770. The van der Waals surface area contributed by atoms with Crippen molar-refractivity contribution in [3.8, 4) is 0 Å². The average molecular weight is 397 g/mol. The first-order valence-corrected chi connectivity index (χ1v) is 8.25. The van der Waals surface area contributed by atoms with Crippen molar-refractivity contribution in [3.05, 3.63) is 33.4 Å². The summed E-state index contributed by atoms with van der Waals surface area (Å²) >= 11 is 0. The second-order valence-corrected chi connectivity index (χ2v) is 6.83. The number of amides is 1. The zero-order chi connectivity index (χ0) is 21.5. The van der Waals surface area contributed by atoms with Crippen molar-refractivity contribution in [2.24, 2.45) is 0 Å². The van der Waals surface area contributed by atoms with Gasteiger partial charge in [-0.2, -0.15) is 0 Å². The number of esters is 2. The number of hydrogen-bond donors (Lipinski definition) is 3. The second kappa shape index (κ2) is 9.65. The lowest BCUT2D eigenvalue weighted by molar-refractivity contribution is -0.385. The number of nitrogens with one attached hydrogen (secondary N) is 2. The van der Waals surface area contributed by atoms with Gasteiger partial charge in [-0.15, -0.1) is 0 Å². The number of ether oxygens (including phenoxy) is 2. The Labute approximate surface area is 161 Å². The maximum Gasteiger partial charge on any atom is 0.409 e. The van der Waals surface area contributed by atoms with E-state index in [-0.39, 0.29) is 42.2 Å². The molecule has 0 heterocycles. The summed E-state index contributed by atoms with van der Waals surface area (Å²) in [6.07, 6.45) is -1.41. The number of carbonyl (C=O) groups is 3. The smallest absolute Gasteiger partial charge is 0.409 e. The molecular formula is C17H23N3O8. The summed E-state index contributed by atoms with van der Waals surface area (Å²) in [6, 6.07) is 2.43. The SMILES string of the molecule is Cc1cc(COC(=O)CNCC(=O)OC(C)(C)C)c(NC(=O)O)cc1[N+](=O)[O-]. The highest BCUT2D eigenvalue weighted by atomic mass is 16.6. The standard InChI is InChI=1S/C17H23N3O8/c1-10-5-11(12(19-16(23)24)6-13(10)20(25)26)9-27-14(21)7-18-8-15(22)28-17(2,3)4/h5-6,18-19H,7-9H2,1-4H3,(H,23,24). The summed E-state index contributed by atoms with van der Waals surface area (Å²) < 4.78 is 10.1. The van der Waals surface area contributed by atoms with Crippen molar-refractivity contribution >= 4 is 29.4 Å². The minimum Gasteiger partial charge on any atom is -0.465 e. The van der Waals surface area contributed by atoms with Crippen molar-refractivity contribution in [1.82, 2.24) is 5.32 Å². The molecule has 0 aliphatic rings. The number of anilines is 1. The Morgan fingerprint density at radius 1 is 1.18 bits per heavy atom. The van der Waals surface area contributed by atoms with E-state index in [4.69, 9.17) is 14.6 Å². The predicted octanol–water partition coefficient (Wildman–Crippen LogP) is 1.97. The van der Waals surface area contributed by atoms with Crippen LogP contribution in [0, 0.1) is 17.0 Å². The number of carboxylic acid groups (broad SMARTS) is 1. The Hall–Kier alpha value is -3.21. The molecule has 0 unspecified atom stereocenters. The number of nitro groups is 1. The molecule has 0 saturated carbocycles. The molecule has 154 valence electrons. The van der Waals surface area contributed by atoms with Crippen molar-refractivity contribution in [1.29, 1.82) is 0 Å². The van der Waals surface area contributed by atoms with Crippen LogP contribution in [0.25, 0.3) is 0 Å². The van der Waals surface area contributed by atoms with Crippen LogP contribution in [0.15, 0.2) is 12.1 Å². The quantitative estimate of drug-likeness (QED) is 0.339. The van der Waals surface area contributed by atoms with Gasteiger partial charge in [0.25, 0.3) is 5.69 Å². The third-order valence-electron chi connectivity index (χ3n) is 3.21. The van der Waals surface area contributed by atoms with Crippen LogP contribution in [0.2, 0.25) is 0 Å². The number of nitro benzene ring substituents is 1. The topological polar surface area (TPSA) is 157 Å². The van der Waals surface area contributed by atoms with Crippen molar-refractivity contribution in [3.63, 3.8) is 0 Å². The molecule has 11 nitrogen and oxygen atoms in total. The van der Waals surface area contributed by atoms with Gasteiger partial charge in [-0.05, 0) is 33.8 Å². The zero-order valence-electron chi connectivity index (χ0n) is 16.0. The third-order valence-corrected chi connectivity index (χ3v) is 3.21. The molecule has 11 heteroatoms. The molecule has 0 aromatic heterocycles. The van der Waals surface area contributed by atoms with Gasteiger partial charge >= 0.3 is 18.0 Å². The van der Waals surface area contributed by atoms with Gasteiger partial charge in [0, 0.05) is 17.2 Å². The number of hydrogen-bond acceptors (Lipinski definition) is 8. The van der Waals surface area contributed by atoms with Crippen molar-refractivity contribution in [2.75, 3.05) is 18.4 Å². The largest absolute Gasteiger partial charge is 0.465 e. The Balaban J connectivity index is 2.66. The molecule has 3 N–H and O–H groups in total. The molecule has 28 heavy (non-hydrogen) atoms. The van der Waals surface area contributed by atoms with Crippen molar-refractivity contribution in [2.45, 2.75) is 39.9 Å². The molecule has 1 rings (SSSR count). The van der Waals surface area contributed by atoms with Gasteiger partial charge in [0.05, 0.1) is 23.7 Å². The molecule has 0 spiro atoms. The van der Waals surface area contributed by atoms with Gasteiger partial charge in [-0.25, -0.2) is 4.79 Å². The van der Waals surface area contributed by atoms with E-state index in [2.05, 4.69) is 5.32 Å². The van der Waals surface area contributed by atoms with Gasteiger partial charge < -0.3 is 14.6 Å². The highest BCUT2D eigenvalue weighted by Crippen LogP contribution is 2.27. The van der Waals surface area contributed by atoms with Gasteiger partial charge in [0.2, 0.25) is 0 Å². The average Bonchev–Trinajstić information content (AvgIpc) is 2.52. The summed E-state index contributed by atoms with van der Waals surface area (Å²) in [7, 11) is 0. The molecular weight excluding hydrogens is 374 g/mol. The molecule has 0 atom stereocenters. The van der Waals surface area contributed by atoms with Crippen LogP contribution in [0.4, 0.5) is 16.2 Å². The first-order valence-electron chi connectivity index (χ1n) is 8.25. The molecule has 1 amide bonds. The molecule has 0 saturated heterocycles. The highest BCUT2D eigenvalue weighted by Gasteiger charge is 2.18. The third kappa shape index (κ3) is 7.99. The lowest BCUT2D eigenvalue weighted by Crippen LogP contribution is -2.34. The molecule has 0 radical (unpaired) electrons. The maximum atomic E-state index is 11.8. The molecule has 0 aliphatic carbocycles. The summed E-state index contributed by atoms with van der Waals surface area (Å²) in [4.78, 5) is 44.6. The fourth-order valence-corrected chi connectivity index (χ4v) is 2.16. The Kier molecular flexibility index (Phi) is 7.87. The van der Waals surface area contributed by atoms with Gasteiger partial charge in [-0.1, -0.05) is 0 Å². The van der Waals surface area contributed by atoms with E-state index >= 15 is 0 Å². The molecule has 1 aromatic rings. The highest BCUT2D eigenvalue weighted by molar-refractivity contribution is 5.85. The van der Waals surface area contributed by atoms with Crippen LogP contribution in [0.1, 0.15) is 31.9 Å². The first-order chi connectivity index (χ1) is 12.9. The van der Waals surface area contributed by atoms with E-state index in [9.17, 15) is 24.5 Å². The maximum absolute atomic E-state index is 11.8. The number of carbonyl (C=O) groups excluding carboxylic acids is 2. The number of benzene rings is 1. The fourth-order valence-electron chi connectivity index (χ4n) is 2.16. The summed E-state index contributed by atoms with van der Waals surface area (Å²) in [6.45, 7) is 5.87. The van der Waals surface area contributed by atoms with E-state index in [1.54, 1.807) is 20.8 Å². The predicted molar refractivity (Wildman–Crippen MR) is 98.0 cm³/mol. The van der Waals surface area contributed by atoms with Gasteiger partial charge in [0.1, 0.15) is 12.2 Å². The van der Waals surface area contributed by atoms with Gasteiger partial charge in [0.15, 0.2) is 0 Å². The van der Waals surface area contributed by atoms with E-state index in [1.807, 2.05) is 5.32 Å². The van der Waals surface area contributed by atoms with Crippen LogP contribution < -0.4 is 10.6 Å². The lowest BCUT2D eigenvalue weighted by atomic mass is 10.1. The van der Waals surface area contributed by atoms with E-state index in [1.165, 1.54) is 13.0 Å². The number of nitrogens with zero attached hydrogens (tertiary/aromatic N) is 1. The van der Waals surface area contributed by atoms with Crippen LogP contribution in [0.5, 0.6) is 0 Å². The Morgan fingerprint density at radius 2 is 1.79 bits per heavy atom. The van der Waals surface area contributed by atoms with E-state index in [0.29, 0.717) is 0 Å². The normalized spacial score (nSPS) is 10.9. The lowest BCUT2D eigenvalue weighted by Gasteiger charge is -2.19. The summed E-state index contributed by atoms with van der Waals surface area (Å²) in [5.74, 6) is -1.22. The molecule has 0 bridgehead atoms. The molecule has 0 aliphatic heterocycles. The second-order valence-electron chi connectivity index (χ2n) is 6.83. The first kappa shape index (κ1) is 22.8. The Morgan fingerprint density at radius 3 is 2.32 bits per heavy atom. The van der Waals surface area contributed by atoms with Crippen molar-refractivity contribution < 1.29 is 33.9 Å². The molecule has 1 aromatic carbocycles. The monoisotopic (exact) mass is 397 g/mol. The van der Waals surface area contributed by atoms with Crippen LogP contribution >= 0.6 is 0 Å². The van der Waals surface area contributed by atoms with Crippen LogP contribution in [-0.4, -0.2) is 46.8 Å². The number of aryl methyl sites for hydroxylation is 1. The number of rotatable bonds is 8. The van der Waals surface area contributed by atoms with Crippen LogP contribution in [0.3, 0.4) is 0 Å². The minimum atomic E-state index is -1.41. The van der Waals surface area contributed by atoms with Crippen LogP contribution in [-0.2, 0) is 25.7 Å². The van der Waals surface area contributed by atoms with Gasteiger partial charge in [-0.3, -0.25) is 30.3 Å². The summed E-state index contributed by atoms with van der Waals surface area (Å²) in [5.41, 5.74) is -0.418. The zero-order valence-corrected chi connectivity index (χ0v) is 16.0. The fraction of sp³-hybridized carbons (Fsp3) is 0.471.